The van der Waals surface area contributed by atoms with Crippen LogP contribution in [0.4, 0.5) is 11.4 Å². The van der Waals surface area contributed by atoms with Crippen LogP contribution in [0, 0.1) is 13.8 Å². The van der Waals surface area contributed by atoms with Crippen LogP contribution in [0.3, 0.4) is 0 Å². The summed E-state index contributed by atoms with van der Waals surface area (Å²) in [5.41, 5.74) is 12.4. The molecule has 2 aromatic carbocycles. The molecule has 2 aromatic rings. The minimum absolute atomic E-state index is 0.0737. The molecule has 0 unspecified atom stereocenters. The van der Waals surface area contributed by atoms with Gasteiger partial charge in [0.1, 0.15) is 11.5 Å². The number of carbonyl (C=O) groups excluding carboxylic acids is 2. The highest BCUT2D eigenvalue weighted by Gasteiger charge is 2.24. The molecule has 0 aliphatic carbocycles. The third-order valence-electron chi connectivity index (χ3n) is 3.63. The molecule has 0 atom stereocenters. The second-order valence-corrected chi connectivity index (χ2v) is 5.04. The molecule has 0 saturated carbocycles. The van der Waals surface area contributed by atoms with Crippen molar-refractivity contribution in [3.8, 4) is 11.5 Å². The van der Waals surface area contributed by atoms with Crippen molar-refractivity contribution in [2.45, 2.75) is 13.8 Å². The first-order valence-electron chi connectivity index (χ1n) is 6.49. The molecule has 0 saturated heterocycles. The Morgan fingerprint density at radius 3 is 2.32 bits per heavy atom. The van der Waals surface area contributed by atoms with E-state index >= 15 is 0 Å². The largest absolute Gasteiger partial charge is 0.507 e. The predicted molar refractivity (Wildman–Crippen MR) is 83.3 cm³/mol. The van der Waals surface area contributed by atoms with E-state index in [9.17, 15) is 19.8 Å². The molecular formula is C16H16N2O4. The van der Waals surface area contributed by atoms with Gasteiger partial charge >= 0.3 is 0 Å². The van der Waals surface area contributed by atoms with Gasteiger partial charge in [0.2, 0.25) is 0 Å². The summed E-state index contributed by atoms with van der Waals surface area (Å²) in [6.45, 7) is 3.21. The Hall–Kier alpha value is -3.02. The molecule has 6 heteroatoms. The fourth-order valence-electron chi connectivity index (χ4n) is 2.44. The Balaban J connectivity index is 2.77. The molecule has 0 amide bonds. The van der Waals surface area contributed by atoms with Crippen LogP contribution in [0.2, 0.25) is 0 Å². The number of aldehydes is 1. The summed E-state index contributed by atoms with van der Waals surface area (Å²) in [4.78, 5) is 24.0. The van der Waals surface area contributed by atoms with Crippen molar-refractivity contribution < 1.29 is 19.8 Å². The summed E-state index contributed by atoms with van der Waals surface area (Å²) in [6, 6.07) is 3.96. The fourth-order valence-corrected chi connectivity index (χ4v) is 2.44. The molecule has 0 radical (unpaired) electrons. The monoisotopic (exact) mass is 300 g/mol. The number of hydrogen-bond acceptors (Lipinski definition) is 6. The number of carbonyl (C=O) groups is 2. The van der Waals surface area contributed by atoms with E-state index in [4.69, 9.17) is 11.5 Å². The zero-order valence-electron chi connectivity index (χ0n) is 12.2. The van der Waals surface area contributed by atoms with E-state index in [0.717, 1.165) is 0 Å². The van der Waals surface area contributed by atoms with Crippen LogP contribution >= 0.6 is 0 Å². The maximum absolute atomic E-state index is 12.8. The van der Waals surface area contributed by atoms with Crippen molar-refractivity contribution in [2.24, 2.45) is 0 Å². The van der Waals surface area contributed by atoms with Crippen molar-refractivity contribution in [1.29, 1.82) is 0 Å². The number of phenols is 2. The van der Waals surface area contributed by atoms with Gasteiger partial charge in [-0.3, -0.25) is 9.59 Å². The lowest BCUT2D eigenvalue weighted by Crippen LogP contribution is -2.12. The van der Waals surface area contributed by atoms with Crippen LogP contribution in [0.25, 0.3) is 0 Å². The van der Waals surface area contributed by atoms with Gasteiger partial charge in [-0.1, -0.05) is 0 Å². The van der Waals surface area contributed by atoms with Gasteiger partial charge in [-0.25, -0.2) is 0 Å². The standard InChI is InChI=1S/C16H16N2O4/c1-7-5-12(21)15(18)8(2)13(7)16(22)14-9(6-19)10(17)3-4-11(14)20/h3-6,20-21H,17-18H2,1-2H3. The summed E-state index contributed by atoms with van der Waals surface area (Å²) < 4.78 is 0. The van der Waals surface area contributed by atoms with Crippen molar-refractivity contribution in [2.75, 3.05) is 11.5 Å². The quantitative estimate of drug-likeness (QED) is 0.225. The second kappa shape index (κ2) is 5.40. The third kappa shape index (κ3) is 2.24. The number of phenolic OH excluding ortho intramolecular Hbond substituents is 2. The molecule has 6 nitrogen and oxygen atoms in total. The van der Waals surface area contributed by atoms with Crippen LogP contribution in [0.1, 0.15) is 37.4 Å². The Labute approximate surface area is 127 Å². The topological polar surface area (TPSA) is 127 Å². The van der Waals surface area contributed by atoms with Gasteiger partial charge in [0.05, 0.1) is 16.8 Å². The first-order chi connectivity index (χ1) is 10.3. The first-order valence-corrected chi connectivity index (χ1v) is 6.49. The van der Waals surface area contributed by atoms with Crippen molar-refractivity contribution >= 4 is 23.4 Å². The van der Waals surface area contributed by atoms with Gasteiger partial charge in [0.15, 0.2) is 12.1 Å². The molecule has 0 fully saturated rings. The van der Waals surface area contributed by atoms with Crippen LogP contribution in [0.15, 0.2) is 18.2 Å². The average Bonchev–Trinajstić information content (AvgIpc) is 2.46. The molecule has 0 aliphatic heterocycles. The van der Waals surface area contributed by atoms with E-state index in [1.165, 1.54) is 18.2 Å². The number of aryl methyl sites for hydroxylation is 1. The lowest BCUT2D eigenvalue weighted by molar-refractivity contribution is 0.102. The minimum Gasteiger partial charge on any atom is -0.507 e. The SMILES string of the molecule is Cc1cc(O)c(N)c(C)c1C(=O)c1c(O)ccc(N)c1C=O. The molecule has 0 heterocycles. The highest BCUT2D eigenvalue weighted by atomic mass is 16.3. The van der Waals surface area contributed by atoms with E-state index in [2.05, 4.69) is 0 Å². The van der Waals surface area contributed by atoms with Crippen molar-refractivity contribution in [3.05, 3.63) is 46.0 Å². The van der Waals surface area contributed by atoms with E-state index < -0.39 is 5.78 Å². The maximum atomic E-state index is 12.8. The van der Waals surface area contributed by atoms with Crippen LogP contribution in [-0.4, -0.2) is 22.3 Å². The highest BCUT2D eigenvalue weighted by Crippen LogP contribution is 2.34. The average molecular weight is 300 g/mol. The first kappa shape index (κ1) is 15.4. The fraction of sp³-hybridized carbons (Fsp3) is 0.125. The lowest BCUT2D eigenvalue weighted by Gasteiger charge is -2.15. The number of anilines is 2. The van der Waals surface area contributed by atoms with Gasteiger partial charge in [0, 0.05) is 11.3 Å². The lowest BCUT2D eigenvalue weighted by atomic mass is 9.90. The van der Waals surface area contributed by atoms with Crippen LogP contribution < -0.4 is 11.5 Å². The van der Waals surface area contributed by atoms with Crippen LogP contribution in [0.5, 0.6) is 11.5 Å². The van der Waals surface area contributed by atoms with Crippen LogP contribution in [-0.2, 0) is 0 Å². The number of benzene rings is 2. The number of rotatable bonds is 3. The maximum Gasteiger partial charge on any atom is 0.198 e. The predicted octanol–water partition coefficient (Wildman–Crippen LogP) is 1.92. The van der Waals surface area contributed by atoms with Crippen molar-refractivity contribution in [3.63, 3.8) is 0 Å². The number of hydrogen-bond donors (Lipinski definition) is 4. The summed E-state index contributed by atoms with van der Waals surface area (Å²) in [6.07, 6.45) is 0.427. The normalized spacial score (nSPS) is 10.5. The van der Waals surface area contributed by atoms with E-state index in [1.54, 1.807) is 13.8 Å². The molecule has 22 heavy (non-hydrogen) atoms. The molecule has 2 rings (SSSR count). The highest BCUT2D eigenvalue weighted by molar-refractivity contribution is 6.17. The van der Waals surface area contributed by atoms with E-state index in [1.807, 2.05) is 0 Å². The minimum atomic E-state index is -0.575. The summed E-state index contributed by atoms with van der Waals surface area (Å²) in [5, 5.41) is 19.7. The molecule has 0 bridgehead atoms. The molecule has 0 spiro atoms. The summed E-state index contributed by atoms with van der Waals surface area (Å²) in [5.74, 6) is -1.04. The molecule has 0 aromatic heterocycles. The Bertz CT molecular complexity index is 797. The summed E-state index contributed by atoms with van der Waals surface area (Å²) in [7, 11) is 0. The Morgan fingerprint density at radius 1 is 1.09 bits per heavy atom. The van der Waals surface area contributed by atoms with Gasteiger partial charge in [-0.2, -0.15) is 0 Å². The number of nitrogen functional groups attached to an aromatic ring is 2. The summed E-state index contributed by atoms with van der Waals surface area (Å²) >= 11 is 0. The van der Waals surface area contributed by atoms with Gasteiger partial charge < -0.3 is 21.7 Å². The number of aromatic hydroxyl groups is 2. The second-order valence-electron chi connectivity index (χ2n) is 5.04. The Morgan fingerprint density at radius 2 is 1.73 bits per heavy atom. The molecule has 0 aliphatic rings. The van der Waals surface area contributed by atoms with Gasteiger partial charge in [0.25, 0.3) is 0 Å². The third-order valence-corrected chi connectivity index (χ3v) is 3.63. The molecule has 6 N–H and O–H groups in total. The van der Waals surface area contributed by atoms with Gasteiger partial charge in [-0.05, 0) is 43.2 Å². The zero-order valence-corrected chi connectivity index (χ0v) is 12.2. The van der Waals surface area contributed by atoms with E-state index in [0.29, 0.717) is 17.4 Å². The molecule has 114 valence electrons. The number of nitrogens with two attached hydrogens (primary N) is 2. The van der Waals surface area contributed by atoms with Crippen molar-refractivity contribution in [1.82, 2.24) is 0 Å². The van der Waals surface area contributed by atoms with E-state index in [-0.39, 0.29) is 39.6 Å². The number of ketones is 1. The molecular weight excluding hydrogens is 284 g/mol. The zero-order chi connectivity index (χ0) is 16.6. The Kier molecular flexibility index (Phi) is 3.77. The van der Waals surface area contributed by atoms with Gasteiger partial charge in [-0.15, -0.1) is 0 Å². The smallest absolute Gasteiger partial charge is 0.198 e.